The van der Waals surface area contributed by atoms with E-state index in [0.29, 0.717) is 40.3 Å². The van der Waals surface area contributed by atoms with Crippen molar-refractivity contribution in [2.45, 2.75) is 32.2 Å². The number of carboxylic acids is 1. The Morgan fingerprint density at radius 2 is 1.94 bits per heavy atom. The Labute approximate surface area is 183 Å². The Morgan fingerprint density at radius 1 is 1.16 bits per heavy atom. The van der Waals surface area contributed by atoms with Gasteiger partial charge >= 0.3 is 5.97 Å². The number of pyridine rings is 1. The number of aromatic nitrogens is 1. The molecule has 0 saturated heterocycles. The van der Waals surface area contributed by atoms with Gasteiger partial charge in [0.1, 0.15) is 0 Å². The van der Waals surface area contributed by atoms with E-state index < -0.39 is 5.97 Å². The SMILES string of the molecule is COc1ccc2c(CCC(=O)O)c3n(c(=O)c2c1OC)CCCc1cc2c(cc1-3)OCO2. The van der Waals surface area contributed by atoms with Gasteiger partial charge in [-0.2, -0.15) is 0 Å². The van der Waals surface area contributed by atoms with Crippen molar-refractivity contribution >= 4 is 16.7 Å². The number of methoxy groups -OCH3 is 2. The molecular formula is C24H23NO7. The van der Waals surface area contributed by atoms with E-state index >= 15 is 0 Å². The molecule has 0 aliphatic carbocycles. The van der Waals surface area contributed by atoms with E-state index in [-0.39, 0.29) is 25.2 Å². The average Bonchev–Trinajstić information content (AvgIpc) is 3.16. The summed E-state index contributed by atoms with van der Waals surface area (Å²) in [5.74, 6) is 1.24. The molecule has 0 unspecified atom stereocenters. The highest BCUT2D eigenvalue weighted by molar-refractivity contribution is 5.96. The number of carbonyl (C=O) groups is 1. The molecule has 0 fully saturated rings. The van der Waals surface area contributed by atoms with Crippen molar-refractivity contribution in [3.63, 3.8) is 0 Å². The third-order valence-corrected chi connectivity index (χ3v) is 6.16. The fourth-order valence-electron chi connectivity index (χ4n) is 4.76. The van der Waals surface area contributed by atoms with Crippen LogP contribution in [0.4, 0.5) is 0 Å². The first-order chi connectivity index (χ1) is 15.5. The molecule has 1 aromatic heterocycles. The molecule has 3 heterocycles. The number of hydrogen-bond donors (Lipinski definition) is 1. The van der Waals surface area contributed by atoms with Crippen molar-refractivity contribution in [3.05, 3.63) is 45.7 Å². The molecule has 0 spiro atoms. The lowest BCUT2D eigenvalue weighted by Crippen LogP contribution is -2.24. The molecule has 0 atom stereocenters. The lowest BCUT2D eigenvalue weighted by atomic mass is 9.92. The highest BCUT2D eigenvalue weighted by Gasteiger charge is 2.28. The maximum absolute atomic E-state index is 13.8. The second-order valence-electron chi connectivity index (χ2n) is 7.87. The van der Waals surface area contributed by atoms with Gasteiger partial charge in [0, 0.05) is 18.5 Å². The van der Waals surface area contributed by atoms with Gasteiger partial charge in [-0.25, -0.2) is 0 Å². The first-order valence-electron chi connectivity index (χ1n) is 10.5. The van der Waals surface area contributed by atoms with Gasteiger partial charge in [0.2, 0.25) is 6.79 Å². The molecular weight excluding hydrogens is 414 g/mol. The standard InChI is InChI=1S/C24H23NO7/c1-29-17-7-5-14-15(6-8-20(26)27)22-16-11-19-18(31-12-32-19)10-13(16)4-3-9-25(22)24(28)21(14)23(17)30-2/h5,7,10-11H,3-4,6,8-9,12H2,1-2H3,(H,26,27). The molecule has 5 rings (SSSR count). The minimum Gasteiger partial charge on any atom is -0.493 e. The van der Waals surface area contributed by atoms with Crippen molar-refractivity contribution < 1.29 is 28.8 Å². The predicted octanol–water partition coefficient (Wildman–Crippen LogP) is 3.38. The highest BCUT2D eigenvalue weighted by Crippen LogP contribution is 2.44. The van der Waals surface area contributed by atoms with Crippen LogP contribution in [0.1, 0.15) is 24.0 Å². The van der Waals surface area contributed by atoms with Crippen LogP contribution in [-0.4, -0.2) is 36.7 Å². The van der Waals surface area contributed by atoms with E-state index in [2.05, 4.69) is 0 Å². The Morgan fingerprint density at radius 3 is 2.66 bits per heavy atom. The number of aliphatic carboxylic acids is 1. The zero-order valence-corrected chi connectivity index (χ0v) is 17.9. The Kier molecular flexibility index (Phi) is 4.92. The first kappa shape index (κ1) is 20.2. The van der Waals surface area contributed by atoms with Crippen molar-refractivity contribution in [2.75, 3.05) is 21.0 Å². The maximum atomic E-state index is 13.8. The number of carboxylic acid groups (broad SMARTS) is 1. The van der Waals surface area contributed by atoms with Gasteiger partial charge in [-0.1, -0.05) is 0 Å². The molecule has 1 N–H and O–H groups in total. The van der Waals surface area contributed by atoms with Gasteiger partial charge in [-0.15, -0.1) is 0 Å². The molecule has 166 valence electrons. The number of ether oxygens (including phenoxy) is 4. The second-order valence-corrected chi connectivity index (χ2v) is 7.87. The quantitative estimate of drug-likeness (QED) is 0.654. The van der Waals surface area contributed by atoms with Gasteiger partial charge in [-0.3, -0.25) is 9.59 Å². The van der Waals surface area contributed by atoms with Crippen LogP contribution in [0.5, 0.6) is 23.0 Å². The Hall–Kier alpha value is -3.68. The average molecular weight is 437 g/mol. The van der Waals surface area contributed by atoms with Gasteiger partial charge in [0.15, 0.2) is 23.0 Å². The summed E-state index contributed by atoms with van der Waals surface area (Å²) in [7, 11) is 3.02. The van der Waals surface area contributed by atoms with Crippen molar-refractivity contribution in [3.8, 4) is 34.3 Å². The highest BCUT2D eigenvalue weighted by atomic mass is 16.7. The molecule has 0 saturated carbocycles. The van der Waals surface area contributed by atoms with Crippen LogP contribution in [-0.2, 0) is 24.2 Å². The summed E-state index contributed by atoms with van der Waals surface area (Å²) in [5, 5.41) is 10.5. The lowest BCUT2D eigenvalue weighted by Gasteiger charge is -2.21. The number of rotatable bonds is 5. The molecule has 0 amide bonds. The third-order valence-electron chi connectivity index (χ3n) is 6.16. The fraction of sp³-hybridized carbons (Fsp3) is 0.333. The summed E-state index contributed by atoms with van der Waals surface area (Å²) in [6.45, 7) is 0.664. The van der Waals surface area contributed by atoms with Gasteiger partial charge in [0.25, 0.3) is 5.56 Å². The van der Waals surface area contributed by atoms with Gasteiger partial charge in [-0.05, 0) is 60.0 Å². The second kappa shape index (κ2) is 7.78. The smallest absolute Gasteiger partial charge is 0.303 e. The third kappa shape index (κ3) is 3.05. The summed E-state index contributed by atoms with van der Waals surface area (Å²) in [6.07, 6.45) is 1.73. The summed E-state index contributed by atoms with van der Waals surface area (Å²) < 4.78 is 23.9. The van der Waals surface area contributed by atoms with Crippen LogP contribution < -0.4 is 24.5 Å². The minimum atomic E-state index is -0.900. The van der Waals surface area contributed by atoms with Crippen LogP contribution in [0, 0.1) is 0 Å². The van der Waals surface area contributed by atoms with Crippen LogP contribution in [0.3, 0.4) is 0 Å². The number of hydrogen-bond acceptors (Lipinski definition) is 6. The number of benzene rings is 2. The zero-order chi connectivity index (χ0) is 22.4. The molecule has 32 heavy (non-hydrogen) atoms. The largest absolute Gasteiger partial charge is 0.493 e. The van der Waals surface area contributed by atoms with Crippen LogP contribution >= 0.6 is 0 Å². The summed E-state index contributed by atoms with van der Waals surface area (Å²) in [5.41, 5.74) is 3.28. The minimum absolute atomic E-state index is 0.0610. The van der Waals surface area contributed by atoms with Crippen molar-refractivity contribution in [2.24, 2.45) is 0 Å². The molecule has 8 heteroatoms. The molecule has 8 nitrogen and oxygen atoms in total. The summed E-state index contributed by atoms with van der Waals surface area (Å²) in [6, 6.07) is 7.44. The van der Waals surface area contributed by atoms with Crippen LogP contribution in [0.2, 0.25) is 0 Å². The van der Waals surface area contributed by atoms with Gasteiger partial charge in [0.05, 0.1) is 25.3 Å². The molecule has 3 aromatic rings. The summed E-state index contributed by atoms with van der Waals surface area (Å²) in [4.78, 5) is 25.2. The number of nitrogens with zero attached hydrogens (tertiary/aromatic N) is 1. The van der Waals surface area contributed by atoms with Crippen LogP contribution in [0.25, 0.3) is 22.0 Å². The molecule has 2 aromatic carbocycles. The topological polar surface area (TPSA) is 96.2 Å². The normalized spacial score (nSPS) is 13.9. The monoisotopic (exact) mass is 437 g/mol. The van der Waals surface area contributed by atoms with E-state index in [0.717, 1.165) is 35.2 Å². The zero-order valence-electron chi connectivity index (χ0n) is 17.9. The molecule has 0 bridgehead atoms. The van der Waals surface area contributed by atoms with Crippen molar-refractivity contribution in [1.82, 2.24) is 4.57 Å². The molecule has 2 aliphatic rings. The maximum Gasteiger partial charge on any atom is 0.303 e. The Balaban J connectivity index is 1.89. The molecule has 2 aliphatic heterocycles. The number of aryl methyl sites for hydroxylation is 2. The fourth-order valence-corrected chi connectivity index (χ4v) is 4.76. The molecule has 0 radical (unpaired) electrons. The van der Waals surface area contributed by atoms with Crippen molar-refractivity contribution in [1.29, 1.82) is 0 Å². The lowest BCUT2D eigenvalue weighted by molar-refractivity contribution is -0.136. The number of fused-ring (bicyclic) bond motifs is 5. The van der Waals surface area contributed by atoms with Gasteiger partial charge < -0.3 is 28.6 Å². The van der Waals surface area contributed by atoms with E-state index in [4.69, 9.17) is 18.9 Å². The Bertz CT molecular complexity index is 1310. The van der Waals surface area contributed by atoms with E-state index in [1.165, 1.54) is 14.2 Å². The van der Waals surface area contributed by atoms with Crippen LogP contribution in [0.15, 0.2) is 29.1 Å². The summed E-state index contributed by atoms with van der Waals surface area (Å²) >= 11 is 0. The van der Waals surface area contributed by atoms with E-state index in [1.54, 1.807) is 10.6 Å². The first-order valence-corrected chi connectivity index (χ1v) is 10.5. The van der Waals surface area contributed by atoms with E-state index in [9.17, 15) is 14.7 Å². The van der Waals surface area contributed by atoms with E-state index in [1.807, 2.05) is 18.2 Å². The predicted molar refractivity (Wildman–Crippen MR) is 117 cm³/mol.